The Labute approximate surface area is 154 Å². The molecule has 1 amide bonds. The number of methoxy groups -OCH3 is 1. The molecule has 3 rings (SSSR count). The number of nitrogens with zero attached hydrogens (tertiary/aromatic N) is 2. The van der Waals surface area contributed by atoms with Crippen LogP contribution in [-0.2, 0) is 11.3 Å². The molecular weight excluding hydrogens is 324 g/mol. The van der Waals surface area contributed by atoms with Crippen molar-refractivity contribution in [2.24, 2.45) is 0 Å². The number of carbonyl (C=O) groups is 1. The summed E-state index contributed by atoms with van der Waals surface area (Å²) in [5.41, 5.74) is 2.73. The Morgan fingerprint density at radius 2 is 1.69 bits per heavy atom. The van der Waals surface area contributed by atoms with Gasteiger partial charge in [-0.15, -0.1) is 0 Å². The molecule has 2 aromatic carbocycles. The molecule has 4 nitrogen and oxygen atoms in total. The Balaban J connectivity index is 1.90. The van der Waals surface area contributed by atoms with Crippen LogP contribution < -0.4 is 4.74 Å². The van der Waals surface area contributed by atoms with Gasteiger partial charge in [0, 0.05) is 19.8 Å². The summed E-state index contributed by atoms with van der Waals surface area (Å²) in [5, 5.41) is 0. The molecule has 0 saturated carbocycles. The van der Waals surface area contributed by atoms with Crippen molar-refractivity contribution in [3.63, 3.8) is 0 Å². The summed E-state index contributed by atoms with van der Waals surface area (Å²) in [6.45, 7) is 0.555. The van der Waals surface area contributed by atoms with Gasteiger partial charge in [0.25, 0.3) is 0 Å². The fourth-order valence-corrected chi connectivity index (χ4v) is 2.94. The quantitative estimate of drug-likeness (QED) is 0.680. The number of ether oxygens (including phenoxy) is 1. The van der Waals surface area contributed by atoms with Gasteiger partial charge in [-0.1, -0.05) is 48.5 Å². The minimum Gasteiger partial charge on any atom is -0.497 e. The van der Waals surface area contributed by atoms with Crippen molar-refractivity contribution in [3.05, 3.63) is 95.8 Å². The van der Waals surface area contributed by atoms with Gasteiger partial charge in [-0.3, -0.25) is 9.78 Å². The number of likely N-dealkylation sites (N-methyl/N-ethyl adjacent to an activating group) is 1. The molecule has 3 aromatic rings. The van der Waals surface area contributed by atoms with Gasteiger partial charge < -0.3 is 9.64 Å². The van der Waals surface area contributed by atoms with Crippen LogP contribution in [0, 0.1) is 0 Å². The monoisotopic (exact) mass is 346 g/mol. The summed E-state index contributed by atoms with van der Waals surface area (Å²) in [4.78, 5) is 19.4. The molecule has 1 aromatic heterocycles. The lowest BCUT2D eigenvalue weighted by atomic mass is 9.93. The average Bonchev–Trinajstić information content (AvgIpc) is 2.70. The van der Waals surface area contributed by atoms with Crippen molar-refractivity contribution >= 4 is 5.91 Å². The zero-order chi connectivity index (χ0) is 18.4. The zero-order valence-electron chi connectivity index (χ0n) is 15.0. The van der Waals surface area contributed by atoms with Crippen LogP contribution >= 0.6 is 0 Å². The maximum absolute atomic E-state index is 13.3. The third kappa shape index (κ3) is 4.09. The minimum atomic E-state index is -0.448. The van der Waals surface area contributed by atoms with E-state index < -0.39 is 5.92 Å². The Morgan fingerprint density at radius 3 is 2.31 bits per heavy atom. The minimum absolute atomic E-state index is 0.0118. The number of rotatable bonds is 6. The van der Waals surface area contributed by atoms with E-state index in [0.29, 0.717) is 6.54 Å². The molecule has 0 aliphatic rings. The Bertz CT molecular complexity index is 833. The SMILES string of the molecule is COc1ccc(C(C(=O)N(C)Cc2ccccc2)c2ccccn2)cc1. The smallest absolute Gasteiger partial charge is 0.236 e. The lowest BCUT2D eigenvalue weighted by Crippen LogP contribution is -2.32. The van der Waals surface area contributed by atoms with Crippen LogP contribution in [0.25, 0.3) is 0 Å². The van der Waals surface area contributed by atoms with E-state index in [-0.39, 0.29) is 5.91 Å². The number of amides is 1. The number of hydrogen-bond donors (Lipinski definition) is 0. The van der Waals surface area contributed by atoms with E-state index in [4.69, 9.17) is 4.74 Å². The van der Waals surface area contributed by atoms with Crippen molar-refractivity contribution in [1.82, 2.24) is 9.88 Å². The highest BCUT2D eigenvalue weighted by molar-refractivity contribution is 5.86. The van der Waals surface area contributed by atoms with E-state index in [0.717, 1.165) is 22.6 Å². The normalized spacial score (nSPS) is 11.6. The Hall–Kier alpha value is -3.14. The molecule has 0 aliphatic carbocycles. The van der Waals surface area contributed by atoms with E-state index in [1.54, 1.807) is 18.2 Å². The molecule has 0 spiro atoms. The van der Waals surface area contributed by atoms with Crippen LogP contribution in [0.3, 0.4) is 0 Å². The number of hydrogen-bond acceptors (Lipinski definition) is 3. The molecular formula is C22H22N2O2. The van der Waals surface area contributed by atoms with E-state index in [2.05, 4.69) is 4.98 Å². The van der Waals surface area contributed by atoms with Crippen molar-refractivity contribution < 1.29 is 9.53 Å². The third-order valence-corrected chi connectivity index (χ3v) is 4.32. The molecule has 132 valence electrons. The van der Waals surface area contributed by atoms with Crippen LogP contribution in [0.4, 0.5) is 0 Å². The maximum atomic E-state index is 13.3. The first-order chi connectivity index (χ1) is 12.7. The topological polar surface area (TPSA) is 42.4 Å². The van der Waals surface area contributed by atoms with Crippen LogP contribution in [-0.4, -0.2) is 29.9 Å². The maximum Gasteiger partial charge on any atom is 0.236 e. The molecule has 1 heterocycles. The highest BCUT2D eigenvalue weighted by atomic mass is 16.5. The summed E-state index contributed by atoms with van der Waals surface area (Å²) >= 11 is 0. The number of aromatic nitrogens is 1. The van der Waals surface area contributed by atoms with Crippen molar-refractivity contribution in [2.75, 3.05) is 14.2 Å². The Kier molecular flexibility index (Phi) is 5.64. The lowest BCUT2D eigenvalue weighted by molar-refractivity contribution is -0.131. The molecule has 1 atom stereocenters. The van der Waals surface area contributed by atoms with Crippen LogP contribution in [0.1, 0.15) is 22.7 Å². The highest BCUT2D eigenvalue weighted by Gasteiger charge is 2.27. The van der Waals surface area contributed by atoms with E-state index in [1.807, 2.05) is 79.8 Å². The molecule has 0 bridgehead atoms. The van der Waals surface area contributed by atoms with Gasteiger partial charge in [0.2, 0.25) is 5.91 Å². The fourth-order valence-electron chi connectivity index (χ4n) is 2.94. The van der Waals surface area contributed by atoms with Gasteiger partial charge in [0.15, 0.2) is 0 Å². The predicted octanol–water partition coefficient (Wildman–Crippen LogP) is 3.88. The van der Waals surface area contributed by atoms with E-state index in [1.165, 1.54) is 0 Å². The molecule has 0 radical (unpaired) electrons. The van der Waals surface area contributed by atoms with Crippen molar-refractivity contribution in [3.8, 4) is 5.75 Å². The van der Waals surface area contributed by atoms with Crippen LogP contribution in [0.5, 0.6) is 5.75 Å². The first-order valence-electron chi connectivity index (χ1n) is 8.53. The number of benzene rings is 2. The van der Waals surface area contributed by atoms with Crippen LogP contribution in [0.2, 0.25) is 0 Å². The second-order valence-electron chi connectivity index (χ2n) is 6.14. The standard InChI is InChI=1S/C22H22N2O2/c1-24(16-17-8-4-3-5-9-17)22(25)21(20-10-6-7-15-23-20)18-11-13-19(26-2)14-12-18/h3-15,21H,16H2,1-2H3. The lowest BCUT2D eigenvalue weighted by Gasteiger charge is -2.24. The van der Waals surface area contributed by atoms with Gasteiger partial charge in [0.1, 0.15) is 11.7 Å². The van der Waals surface area contributed by atoms with Crippen LogP contribution in [0.15, 0.2) is 79.0 Å². The summed E-state index contributed by atoms with van der Waals surface area (Å²) in [5.74, 6) is 0.326. The fraction of sp³-hybridized carbons (Fsp3) is 0.182. The summed E-state index contributed by atoms with van der Waals surface area (Å²) < 4.78 is 5.23. The molecule has 0 N–H and O–H groups in total. The summed E-state index contributed by atoms with van der Waals surface area (Å²) in [6.07, 6.45) is 1.72. The van der Waals surface area contributed by atoms with Gasteiger partial charge in [-0.05, 0) is 35.4 Å². The second-order valence-corrected chi connectivity index (χ2v) is 6.14. The third-order valence-electron chi connectivity index (χ3n) is 4.32. The molecule has 26 heavy (non-hydrogen) atoms. The molecule has 4 heteroatoms. The van der Waals surface area contributed by atoms with Gasteiger partial charge in [0.05, 0.1) is 12.8 Å². The molecule has 0 saturated heterocycles. The molecule has 0 fully saturated rings. The van der Waals surface area contributed by atoms with Crippen molar-refractivity contribution in [1.29, 1.82) is 0 Å². The zero-order valence-corrected chi connectivity index (χ0v) is 15.0. The second kappa shape index (κ2) is 8.30. The van der Waals surface area contributed by atoms with Gasteiger partial charge in [-0.25, -0.2) is 0 Å². The summed E-state index contributed by atoms with van der Waals surface area (Å²) in [7, 11) is 3.46. The average molecular weight is 346 g/mol. The first-order valence-corrected chi connectivity index (χ1v) is 8.53. The Morgan fingerprint density at radius 1 is 1.00 bits per heavy atom. The van der Waals surface area contributed by atoms with Gasteiger partial charge in [-0.2, -0.15) is 0 Å². The predicted molar refractivity (Wildman–Crippen MR) is 102 cm³/mol. The first kappa shape index (κ1) is 17.7. The summed E-state index contributed by atoms with van der Waals surface area (Å²) in [6, 6.07) is 23.2. The molecule has 1 unspecified atom stereocenters. The molecule has 0 aliphatic heterocycles. The van der Waals surface area contributed by atoms with E-state index in [9.17, 15) is 4.79 Å². The highest BCUT2D eigenvalue weighted by Crippen LogP contribution is 2.27. The number of pyridine rings is 1. The van der Waals surface area contributed by atoms with Crippen molar-refractivity contribution in [2.45, 2.75) is 12.5 Å². The van der Waals surface area contributed by atoms with E-state index >= 15 is 0 Å². The largest absolute Gasteiger partial charge is 0.497 e. The number of carbonyl (C=O) groups excluding carboxylic acids is 1. The van der Waals surface area contributed by atoms with Gasteiger partial charge >= 0.3 is 0 Å².